The molecule has 2 N–H and O–H groups in total. The molecular weight excluding hydrogens is 194 g/mol. The topological polar surface area (TPSA) is 62.3 Å². The van der Waals surface area contributed by atoms with E-state index < -0.39 is 0 Å². The van der Waals surface area contributed by atoms with Crippen LogP contribution in [0.3, 0.4) is 0 Å². The Bertz CT molecular complexity index is 275. The molecule has 0 bridgehead atoms. The number of methoxy groups -OCH3 is 1. The van der Waals surface area contributed by atoms with Crippen molar-refractivity contribution in [3.8, 4) is 0 Å². The second-order valence-electron chi connectivity index (χ2n) is 3.30. The van der Waals surface area contributed by atoms with Crippen molar-refractivity contribution in [3.63, 3.8) is 0 Å². The van der Waals surface area contributed by atoms with Gasteiger partial charge in [-0.3, -0.25) is 4.68 Å². The highest BCUT2D eigenvalue weighted by molar-refractivity contribution is 5.09. The second-order valence-corrected chi connectivity index (χ2v) is 3.30. The lowest BCUT2D eigenvalue weighted by Crippen LogP contribution is -2.18. The van der Waals surface area contributed by atoms with E-state index in [1.54, 1.807) is 13.3 Å². The molecule has 15 heavy (non-hydrogen) atoms. The lowest BCUT2D eigenvalue weighted by molar-refractivity contribution is 0.0636. The molecular formula is C10H19N3O2. The smallest absolute Gasteiger partial charge is 0.0701 e. The Kier molecular flexibility index (Phi) is 5.31. The van der Waals surface area contributed by atoms with Gasteiger partial charge in [-0.15, -0.1) is 0 Å². The average molecular weight is 213 g/mol. The molecule has 0 amide bonds. The quantitative estimate of drug-likeness (QED) is 0.672. The van der Waals surface area contributed by atoms with E-state index >= 15 is 0 Å². The van der Waals surface area contributed by atoms with Gasteiger partial charge in [-0.25, -0.2) is 0 Å². The van der Waals surface area contributed by atoms with Crippen LogP contribution < -0.4 is 5.73 Å². The highest BCUT2D eigenvalue weighted by atomic mass is 16.5. The molecule has 1 unspecified atom stereocenters. The van der Waals surface area contributed by atoms with Gasteiger partial charge in [0.05, 0.1) is 32.1 Å². The Morgan fingerprint density at radius 3 is 2.93 bits per heavy atom. The van der Waals surface area contributed by atoms with Crippen molar-refractivity contribution in [2.24, 2.45) is 5.73 Å². The third kappa shape index (κ3) is 3.99. The maximum absolute atomic E-state index is 5.93. The Morgan fingerprint density at radius 1 is 1.53 bits per heavy atom. The summed E-state index contributed by atoms with van der Waals surface area (Å²) >= 11 is 0. The highest BCUT2D eigenvalue weighted by Crippen LogP contribution is 2.08. The molecule has 0 radical (unpaired) electrons. The van der Waals surface area contributed by atoms with E-state index in [1.165, 1.54) is 0 Å². The Labute approximate surface area is 90.2 Å². The summed E-state index contributed by atoms with van der Waals surface area (Å²) in [5, 5.41) is 4.16. The molecule has 5 heteroatoms. The number of nitrogens with two attached hydrogens (primary N) is 1. The molecule has 0 aromatic carbocycles. The number of hydrogen-bond acceptors (Lipinski definition) is 4. The first kappa shape index (κ1) is 12.2. The number of aromatic nitrogens is 2. The van der Waals surface area contributed by atoms with Crippen molar-refractivity contribution in [2.45, 2.75) is 19.5 Å². The molecule has 0 aliphatic heterocycles. The van der Waals surface area contributed by atoms with Crippen molar-refractivity contribution in [1.29, 1.82) is 0 Å². The Hall–Kier alpha value is -0.910. The lowest BCUT2D eigenvalue weighted by atomic mass is 10.2. The molecule has 1 aromatic rings. The fraction of sp³-hybridized carbons (Fsp3) is 0.700. The molecule has 1 heterocycles. The van der Waals surface area contributed by atoms with Crippen LogP contribution >= 0.6 is 0 Å². The van der Waals surface area contributed by atoms with Crippen LogP contribution in [-0.2, 0) is 16.0 Å². The molecule has 0 aliphatic carbocycles. The highest BCUT2D eigenvalue weighted by Gasteiger charge is 2.08. The minimum atomic E-state index is -0.109. The van der Waals surface area contributed by atoms with E-state index in [0.717, 1.165) is 12.1 Å². The fourth-order valence-corrected chi connectivity index (χ4v) is 1.19. The van der Waals surface area contributed by atoms with Crippen molar-refractivity contribution < 1.29 is 9.47 Å². The largest absolute Gasteiger partial charge is 0.382 e. The molecule has 0 saturated carbocycles. The summed E-state index contributed by atoms with van der Waals surface area (Å²) in [5.41, 5.74) is 6.93. The third-order valence-corrected chi connectivity index (χ3v) is 2.13. The van der Waals surface area contributed by atoms with Crippen molar-refractivity contribution >= 4 is 0 Å². The maximum atomic E-state index is 5.93. The summed E-state index contributed by atoms with van der Waals surface area (Å²) in [4.78, 5) is 0. The van der Waals surface area contributed by atoms with E-state index in [4.69, 9.17) is 15.2 Å². The number of aryl methyl sites for hydroxylation is 1. The van der Waals surface area contributed by atoms with Crippen LogP contribution in [0.2, 0.25) is 0 Å². The minimum absolute atomic E-state index is 0.109. The van der Waals surface area contributed by atoms with Gasteiger partial charge in [0.1, 0.15) is 0 Å². The summed E-state index contributed by atoms with van der Waals surface area (Å²) < 4.78 is 12.1. The zero-order valence-corrected chi connectivity index (χ0v) is 9.35. The molecule has 5 nitrogen and oxygen atoms in total. The van der Waals surface area contributed by atoms with E-state index in [9.17, 15) is 0 Å². The van der Waals surface area contributed by atoms with Gasteiger partial charge in [0.15, 0.2) is 0 Å². The van der Waals surface area contributed by atoms with Crippen LogP contribution in [0.5, 0.6) is 0 Å². The third-order valence-electron chi connectivity index (χ3n) is 2.13. The van der Waals surface area contributed by atoms with Crippen LogP contribution in [-0.4, -0.2) is 36.7 Å². The van der Waals surface area contributed by atoms with Gasteiger partial charge >= 0.3 is 0 Å². The molecule has 0 spiro atoms. The first-order valence-corrected chi connectivity index (χ1v) is 5.12. The second kappa shape index (κ2) is 6.55. The normalized spacial score (nSPS) is 13.0. The number of hydrogen-bond donors (Lipinski definition) is 1. The van der Waals surface area contributed by atoms with Crippen molar-refractivity contribution in [1.82, 2.24) is 9.78 Å². The predicted molar refractivity (Wildman–Crippen MR) is 57.5 cm³/mol. The van der Waals surface area contributed by atoms with Crippen molar-refractivity contribution in [3.05, 3.63) is 18.0 Å². The Balaban J connectivity index is 2.29. The van der Waals surface area contributed by atoms with Crippen LogP contribution in [0.25, 0.3) is 0 Å². The van der Waals surface area contributed by atoms with Gasteiger partial charge < -0.3 is 15.2 Å². The van der Waals surface area contributed by atoms with Gasteiger partial charge in [-0.2, -0.15) is 5.10 Å². The van der Waals surface area contributed by atoms with Gasteiger partial charge in [-0.05, 0) is 6.92 Å². The molecule has 86 valence electrons. The molecule has 0 aliphatic rings. The SMILES string of the molecule is CCn1cc(C(N)COCCOC)cn1. The van der Waals surface area contributed by atoms with E-state index in [-0.39, 0.29) is 6.04 Å². The van der Waals surface area contributed by atoms with Gasteiger partial charge in [-0.1, -0.05) is 0 Å². The average Bonchev–Trinajstić information content (AvgIpc) is 2.72. The molecule has 0 saturated heterocycles. The summed E-state index contributed by atoms with van der Waals surface area (Å²) in [6.07, 6.45) is 3.73. The zero-order valence-electron chi connectivity index (χ0n) is 9.35. The van der Waals surface area contributed by atoms with Crippen LogP contribution in [0.15, 0.2) is 12.4 Å². The molecule has 1 aromatic heterocycles. The fourth-order valence-electron chi connectivity index (χ4n) is 1.19. The summed E-state index contributed by atoms with van der Waals surface area (Å²) in [7, 11) is 1.65. The summed E-state index contributed by atoms with van der Waals surface area (Å²) in [6, 6.07) is -0.109. The monoisotopic (exact) mass is 213 g/mol. The number of rotatable bonds is 7. The predicted octanol–water partition coefficient (Wildman–Crippen LogP) is 0.566. The summed E-state index contributed by atoms with van der Waals surface area (Å²) in [5.74, 6) is 0. The van der Waals surface area contributed by atoms with Crippen LogP contribution in [0, 0.1) is 0 Å². The number of nitrogens with zero attached hydrogens (tertiary/aromatic N) is 2. The van der Waals surface area contributed by atoms with Crippen molar-refractivity contribution in [2.75, 3.05) is 26.9 Å². The minimum Gasteiger partial charge on any atom is -0.382 e. The summed E-state index contributed by atoms with van der Waals surface area (Å²) in [6.45, 7) is 4.57. The van der Waals surface area contributed by atoms with E-state index in [0.29, 0.717) is 19.8 Å². The van der Waals surface area contributed by atoms with Gasteiger partial charge in [0.2, 0.25) is 0 Å². The van der Waals surface area contributed by atoms with Gasteiger partial charge in [0.25, 0.3) is 0 Å². The van der Waals surface area contributed by atoms with Crippen LogP contribution in [0.4, 0.5) is 0 Å². The molecule has 1 atom stereocenters. The maximum Gasteiger partial charge on any atom is 0.0701 e. The van der Waals surface area contributed by atoms with Crippen LogP contribution in [0.1, 0.15) is 18.5 Å². The standard InChI is InChI=1S/C10H19N3O2/c1-3-13-7-9(6-12-13)10(11)8-15-5-4-14-2/h6-7,10H,3-5,8,11H2,1-2H3. The van der Waals surface area contributed by atoms with E-state index in [1.807, 2.05) is 17.8 Å². The van der Waals surface area contributed by atoms with E-state index in [2.05, 4.69) is 5.10 Å². The Morgan fingerprint density at radius 2 is 2.33 bits per heavy atom. The first-order chi connectivity index (χ1) is 7.27. The molecule has 0 fully saturated rings. The van der Waals surface area contributed by atoms with Gasteiger partial charge in [0, 0.05) is 25.4 Å². The number of ether oxygens (including phenoxy) is 2. The lowest BCUT2D eigenvalue weighted by Gasteiger charge is -2.09. The molecule has 1 rings (SSSR count). The first-order valence-electron chi connectivity index (χ1n) is 5.12. The zero-order chi connectivity index (χ0) is 11.1.